The second-order valence-electron chi connectivity index (χ2n) is 11.8. The highest BCUT2D eigenvalue weighted by Crippen LogP contribution is 2.14. The van der Waals surface area contributed by atoms with Crippen molar-refractivity contribution in [3.8, 4) is 0 Å². The summed E-state index contributed by atoms with van der Waals surface area (Å²) in [6.45, 7) is 5.57. The molecule has 232 valence electrons. The van der Waals surface area contributed by atoms with Crippen molar-refractivity contribution >= 4 is 11.9 Å². The molecule has 5 heteroatoms. The number of nitrogens with one attached hydrogen (secondary N) is 1. The second-order valence-corrected chi connectivity index (χ2v) is 11.8. The van der Waals surface area contributed by atoms with E-state index in [1.165, 1.54) is 141 Å². The Balaban J connectivity index is 3.53. The normalized spacial score (nSPS) is 12.1. The van der Waals surface area contributed by atoms with Crippen molar-refractivity contribution in [2.75, 3.05) is 13.2 Å². The highest BCUT2D eigenvalue weighted by molar-refractivity contribution is 5.81. The smallest absolute Gasteiger partial charge is 0.321 e. The Kier molecular flexibility index (Phi) is 30.5. The molecule has 0 heterocycles. The highest BCUT2D eigenvalue weighted by Gasteiger charge is 2.21. The first-order chi connectivity index (χ1) is 19.1. The third-order valence-electron chi connectivity index (χ3n) is 7.85. The van der Waals surface area contributed by atoms with Crippen LogP contribution in [-0.4, -0.2) is 36.2 Å². The zero-order valence-corrected chi connectivity index (χ0v) is 26.3. The van der Waals surface area contributed by atoms with Crippen LogP contribution in [0.15, 0.2) is 0 Å². The summed E-state index contributed by atoms with van der Waals surface area (Å²) in [6.07, 6.45) is 33.4. The van der Waals surface area contributed by atoms with Gasteiger partial charge in [-0.05, 0) is 19.4 Å². The first kappa shape index (κ1) is 37.9. The Hall–Kier alpha value is -1.10. The summed E-state index contributed by atoms with van der Waals surface area (Å²) >= 11 is 0. The van der Waals surface area contributed by atoms with Crippen LogP contribution in [0.5, 0.6) is 0 Å². The zero-order valence-electron chi connectivity index (χ0n) is 26.3. The number of carbonyl (C=O) groups excluding carboxylic acids is 1. The molecule has 0 saturated heterocycles. The van der Waals surface area contributed by atoms with Gasteiger partial charge in [-0.2, -0.15) is 0 Å². The van der Waals surface area contributed by atoms with Gasteiger partial charge in [-0.25, -0.2) is 0 Å². The minimum atomic E-state index is -0.970. The maximum atomic E-state index is 12.1. The van der Waals surface area contributed by atoms with Crippen LogP contribution in [0.25, 0.3) is 0 Å². The Morgan fingerprint density at radius 1 is 0.538 bits per heavy atom. The van der Waals surface area contributed by atoms with Crippen molar-refractivity contribution < 1.29 is 19.4 Å². The van der Waals surface area contributed by atoms with E-state index < -0.39 is 18.0 Å². The highest BCUT2D eigenvalue weighted by atomic mass is 16.5. The molecule has 1 unspecified atom stereocenters. The molecule has 0 rings (SSSR count). The molecule has 39 heavy (non-hydrogen) atoms. The van der Waals surface area contributed by atoms with Gasteiger partial charge < -0.3 is 15.2 Å². The molecule has 0 aromatic rings. The van der Waals surface area contributed by atoms with Crippen LogP contribution in [-0.2, 0) is 14.3 Å². The van der Waals surface area contributed by atoms with Gasteiger partial charge >= 0.3 is 11.9 Å². The van der Waals surface area contributed by atoms with Gasteiger partial charge in [-0.1, -0.05) is 168 Å². The lowest BCUT2D eigenvalue weighted by Gasteiger charge is -2.14. The molecule has 5 nitrogen and oxygen atoms in total. The van der Waals surface area contributed by atoms with Gasteiger partial charge in [0.25, 0.3) is 0 Å². The average Bonchev–Trinajstić information content (AvgIpc) is 2.92. The molecule has 1 atom stereocenters. The molecule has 0 aliphatic rings. The number of aliphatic carboxylic acids is 1. The van der Waals surface area contributed by atoms with E-state index in [0.29, 0.717) is 13.2 Å². The topological polar surface area (TPSA) is 75.6 Å². The minimum Gasteiger partial charge on any atom is -0.480 e. The number of ether oxygens (including phenoxy) is 1. The first-order valence-electron chi connectivity index (χ1n) is 17.2. The average molecular weight is 554 g/mol. The van der Waals surface area contributed by atoms with Crippen LogP contribution < -0.4 is 5.32 Å². The maximum Gasteiger partial charge on any atom is 0.321 e. The summed E-state index contributed by atoms with van der Waals surface area (Å²) in [5.41, 5.74) is 0. The lowest BCUT2D eigenvalue weighted by Crippen LogP contribution is -2.39. The number of hydrogen-bond acceptors (Lipinski definition) is 4. The first-order valence-corrected chi connectivity index (χ1v) is 17.2. The number of carboxylic acids is 1. The molecule has 0 spiro atoms. The molecule has 0 aliphatic heterocycles. The van der Waals surface area contributed by atoms with Gasteiger partial charge in [0.1, 0.15) is 6.04 Å². The second kappa shape index (κ2) is 31.4. The molecule has 0 bridgehead atoms. The third-order valence-corrected chi connectivity index (χ3v) is 7.85. The fourth-order valence-electron chi connectivity index (χ4n) is 5.20. The standard InChI is InChI=1S/C34H67NO4/c1-3-5-7-9-11-13-15-17-18-19-21-23-25-27-29-35-32(34(37)38)31-33(36)39-30-28-26-24-22-20-16-14-12-10-8-6-4-2/h32,35H,3-31H2,1-2H3,(H,37,38). The van der Waals surface area contributed by atoms with E-state index in [-0.39, 0.29) is 6.42 Å². The zero-order chi connectivity index (χ0) is 28.7. The molecule has 0 aromatic carbocycles. The van der Waals surface area contributed by atoms with Gasteiger partial charge in [-0.3, -0.25) is 9.59 Å². The van der Waals surface area contributed by atoms with E-state index in [2.05, 4.69) is 19.2 Å². The van der Waals surface area contributed by atoms with Crippen molar-refractivity contribution in [3.05, 3.63) is 0 Å². The van der Waals surface area contributed by atoms with Crippen molar-refractivity contribution in [2.24, 2.45) is 0 Å². The minimum absolute atomic E-state index is 0.0911. The van der Waals surface area contributed by atoms with Crippen molar-refractivity contribution in [1.82, 2.24) is 5.32 Å². The molecule has 0 radical (unpaired) electrons. The molecule has 0 saturated carbocycles. The Morgan fingerprint density at radius 3 is 1.23 bits per heavy atom. The molecular weight excluding hydrogens is 486 g/mol. The SMILES string of the molecule is CCCCCCCCCCCCCCCCNC(CC(=O)OCCCCCCCCCCCCCC)C(=O)O. The van der Waals surface area contributed by atoms with Gasteiger partial charge in [0.2, 0.25) is 0 Å². The van der Waals surface area contributed by atoms with Gasteiger partial charge in [0.05, 0.1) is 13.0 Å². The maximum absolute atomic E-state index is 12.1. The van der Waals surface area contributed by atoms with E-state index in [4.69, 9.17) is 4.74 Å². The number of hydrogen-bond donors (Lipinski definition) is 2. The number of carboxylic acid groups (broad SMARTS) is 1. The van der Waals surface area contributed by atoms with Crippen molar-refractivity contribution in [3.63, 3.8) is 0 Å². The van der Waals surface area contributed by atoms with E-state index in [9.17, 15) is 14.7 Å². The van der Waals surface area contributed by atoms with E-state index in [1.54, 1.807) is 0 Å². The Morgan fingerprint density at radius 2 is 0.872 bits per heavy atom. The molecule has 0 fully saturated rings. The van der Waals surface area contributed by atoms with Crippen molar-refractivity contribution in [1.29, 1.82) is 0 Å². The van der Waals surface area contributed by atoms with Crippen LogP contribution in [0.1, 0.15) is 187 Å². The van der Waals surface area contributed by atoms with Crippen molar-refractivity contribution in [2.45, 2.75) is 193 Å². The fourth-order valence-corrected chi connectivity index (χ4v) is 5.20. The van der Waals surface area contributed by atoms with E-state index in [0.717, 1.165) is 25.7 Å². The number of carbonyl (C=O) groups is 2. The van der Waals surface area contributed by atoms with Crippen LogP contribution >= 0.6 is 0 Å². The predicted octanol–water partition coefficient (Wildman–Crippen LogP) is 10.1. The summed E-state index contributed by atoms with van der Waals surface area (Å²) < 4.78 is 5.30. The molecular formula is C34H67NO4. The number of esters is 1. The van der Waals surface area contributed by atoms with Crippen LogP contribution in [0.4, 0.5) is 0 Å². The van der Waals surface area contributed by atoms with Gasteiger partial charge in [-0.15, -0.1) is 0 Å². The molecule has 0 amide bonds. The quantitative estimate of drug-likeness (QED) is 0.0640. The van der Waals surface area contributed by atoms with E-state index in [1.807, 2.05) is 0 Å². The van der Waals surface area contributed by atoms with Gasteiger partial charge in [0, 0.05) is 0 Å². The van der Waals surface area contributed by atoms with Crippen LogP contribution in [0.3, 0.4) is 0 Å². The molecule has 0 aliphatic carbocycles. The fraction of sp³-hybridized carbons (Fsp3) is 0.941. The largest absolute Gasteiger partial charge is 0.480 e. The summed E-state index contributed by atoms with van der Waals surface area (Å²) in [4.78, 5) is 23.6. The lowest BCUT2D eigenvalue weighted by atomic mass is 10.0. The summed E-state index contributed by atoms with van der Waals surface area (Å²) in [6, 6.07) is -0.846. The third kappa shape index (κ3) is 29.7. The summed E-state index contributed by atoms with van der Waals surface area (Å²) in [5, 5.41) is 12.5. The van der Waals surface area contributed by atoms with Gasteiger partial charge in [0.15, 0.2) is 0 Å². The summed E-state index contributed by atoms with van der Waals surface area (Å²) in [7, 11) is 0. The van der Waals surface area contributed by atoms with E-state index >= 15 is 0 Å². The monoisotopic (exact) mass is 554 g/mol. The lowest BCUT2D eigenvalue weighted by molar-refractivity contribution is -0.149. The predicted molar refractivity (Wildman–Crippen MR) is 166 cm³/mol. The summed E-state index contributed by atoms with van der Waals surface area (Å²) in [5.74, 6) is -1.37. The number of rotatable bonds is 32. The number of unbranched alkanes of at least 4 members (excludes halogenated alkanes) is 24. The Labute approximate surface area is 243 Å². The Bertz CT molecular complexity index is 525. The van der Waals surface area contributed by atoms with Crippen LogP contribution in [0.2, 0.25) is 0 Å². The molecule has 0 aromatic heterocycles. The van der Waals surface area contributed by atoms with Crippen LogP contribution in [0, 0.1) is 0 Å². The molecule has 2 N–H and O–H groups in total.